The molecule has 2 saturated heterocycles. The summed E-state index contributed by atoms with van der Waals surface area (Å²) in [5.74, 6) is 0.437. The van der Waals surface area contributed by atoms with E-state index in [4.69, 9.17) is 5.11 Å². The first-order chi connectivity index (χ1) is 9.78. The van der Waals surface area contributed by atoms with E-state index < -0.39 is 0 Å². The lowest BCUT2D eigenvalue weighted by atomic mass is 9.83. The van der Waals surface area contributed by atoms with Crippen molar-refractivity contribution < 1.29 is 9.90 Å². The number of aliphatic hydroxyl groups excluding tert-OH is 1. The summed E-state index contributed by atoms with van der Waals surface area (Å²) in [5.41, 5.74) is 2.55. The van der Waals surface area contributed by atoms with Crippen molar-refractivity contribution in [3.63, 3.8) is 0 Å². The Labute approximate surface area is 120 Å². The van der Waals surface area contributed by atoms with Gasteiger partial charge in [-0.3, -0.25) is 4.79 Å². The number of piperidine rings is 2. The molecule has 2 aliphatic heterocycles. The van der Waals surface area contributed by atoms with Crippen LogP contribution < -0.4 is 4.90 Å². The summed E-state index contributed by atoms with van der Waals surface area (Å²) in [7, 11) is 0. The first-order valence-electron chi connectivity index (χ1n) is 7.78. The number of fused-ring (bicyclic) bond motifs is 2. The second kappa shape index (κ2) is 5.96. The summed E-state index contributed by atoms with van der Waals surface area (Å²) < 4.78 is 0. The van der Waals surface area contributed by atoms with E-state index >= 15 is 0 Å². The Hall–Kier alpha value is -1.35. The monoisotopic (exact) mass is 273 g/mol. The van der Waals surface area contributed by atoms with E-state index in [1.54, 1.807) is 0 Å². The number of hydrogen-bond donors (Lipinski definition) is 1. The van der Waals surface area contributed by atoms with Crippen molar-refractivity contribution in [3.05, 3.63) is 29.8 Å². The molecule has 1 aromatic rings. The molecule has 20 heavy (non-hydrogen) atoms. The minimum absolute atomic E-state index is 0.244. The molecule has 0 radical (unpaired) electrons. The van der Waals surface area contributed by atoms with Gasteiger partial charge in [0.2, 0.25) is 0 Å². The molecular weight excluding hydrogens is 250 g/mol. The maximum absolute atomic E-state index is 11.8. The highest BCUT2D eigenvalue weighted by Crippen LogP contribution is 2.36. The molecule has 3 nitrogen and oxygen atoms in total. The van der Waals surface area contributed by atoms with Crippen LogP contribution in [-0.4, -0.2) is 29.6 Å². The molecule has 2 bridgehead atoms. The molecule has 0 amide bonds. The van der Waals surface area contributed by atoms with Gasteiger partial charge in [0.25, 0.3) is 0 Å². The highest BCUT2D eigenvalue weighted by atomic mass is 16.2. The lowest BCUT2D eigenvalue weighted by Crippen LogP contribution is -2.52. The molecule has 2 heterocycles. The molecule has 108 valence electrons. The SMILES string of the molecule is O=C1CC2CCCC(C1)N2c1cccc(CCCO)c1. The fourth-order valence-electron chi connectivity index (χ4n) is 3.75. The third kappa shape index (κ3) is 2.73. The van der Waals surface area contributed by atoms with Crippen LogP contribution in [0.25, 0.3) is 0 Å². The van der Waals surface area contributed by atoms with E-state index in [0.717, 1.165) is 38.5 Å². The highest BCUT2D eigenvalue weighted by Gasteiger charge is 2.37. The van der Waals surface area contributed by atoms with Gasteiger partial charge in [-0.25, -0.2) is 0 Å². The first-order valence-corrected chi connectivity index (χ1v) is 7.78. The molecule has 0 aromatic heterocycles. The van der Waals surface area contributed by atoms with E-state index in [9.17, 15) is 4.79 Å². The number of aryl methyl sites for hydroxylation is 1. The second-order valence-corrected chi connectivity index (χ2v) is 6.09. The average molecular weight is 273 g/mol. The average Bonchev–Trinajstić information content (AvgIpc) is 2.44. The predicted octanol–water partition coefficient (Wildman–Crippen LogP) is 2.70. The van der Waals surface area contributed by atoms with E-state index in [0.29, 0.717) is 17.9 Å². The third-order valence-electron chi connectivity index (χ3n) is 4.62. The number of Topliss-reactive ketones (excluding diaryl/α,β-unsaturated/α-hetero) is 1. The van der Waals surface area contributed by atoms with Crippen LogP contribution >= 0.6 is 0 Å². The van der Waals surface area contributed by atoms with Crippen LogP contribution in [0.3, 0.4) is 0 Å². The minimum Gasteiger partial charge on any atom is -0.396 e. The van der Waals surface area contributed by atoms with Crippen LogP contribution in [0.1, 0.15) is 44.1 Å². The van der Waals surface area contributed by atoms with Crippen LogP contribution in [0, 0.1) is 0 Å². The third-order valence-corrected chi connectivity index (χ3v) is 4.62. The maximum atomic E-state index is 11.8. The van der Waals surface area contributed by atoms with Gasteiger partial charge in [-0.05, 0) is 49.8 Å². The maximum Gasteiger partial charge on any atom is 0.137 e. The van der Waals surface area contributed by atoms with Crippen molar-refractivity contribution in [2.75, 3.05) is 11.5 Å². The first kappa shape index (κ1) is 13.6. The molecule has 2 unspecified atom stereocenters. The van der Waals surface area contributed by atoms with Crippen molar-refractivity contribution in [3.8, 4) is 0 Å². The number of carbonyl (C=O) groups excluding carboxylic acids is 1. The lowest BCUT2D eigenvalue weighted by molar-refractivity contribution is -0.121. The Bertz CT molecular complexity index is 470. The van der Waals surface area contributed by atoms with Crippen LogP contribution in [0.15, 0.2) is 24.3 Å². The zero-order valence-corrected chi connectivity index (χ0v) is 11.9. The standard InChI is InChI=1S/C17H23NO2/c19-9-3-5-13-4-1-6-14(10-13)18-15-7-2-8-16(18)12-17(20)11-15/h1,4,6,10,15-16,19H,2-3,5,7-9,11-12H2. The van der Waals surface area contributed by atoms with Crippen LogP contribution in [0.5, 0.6) is 0 Å². The van der Waals surface area contributed by atoms with Gasteiger partial charge in [-0.1, -0.05) is 12.1 Å². The minimum atomic E-state index is 0.244. The van der Waals surface area contributed by atoms with E-state index in [-0.39, 0.29) is 6.61 Å². The fraction of sp³-hybridized carbons (Fsp3) is 0.588. The van der Waals surface area contributed by atoms with Crippen molar-refractivity contribution in [2.24, 2.45) is 0 Å². The summed E-state index contributed by atoms with van der Waals surface area (Å²) in [6.07, 6.45) is 6.71. The van der Waals surface area contributed by atoms with Gasteiger partial charge in [-0.2, -0.15) is 0 Å². The van der Waals surface area contributed by atoms with Gasteiger partial charge in [-0.15, -0.1) is 0 Å². The Balaban J connectivity index is 1.82. The summed E-state index contributed by atoms with van der Waals surface area (Å²) in [5, 5.41) is 8.96. The van der Waals surface area contributed by atoms with Crippen molar-refractivity contribution in [1.29, 1.82) is 0 Å². The predicted molar refractivity (Wildman–Crippen MR) is 80.0 cm³/mol. The van der Waals surface area contributed by atoms with E-state index in [2.05, 4.69) is 29.2 Å². The number of anilines is 1. The molecule has 1 aromatic carbocycles. The molecule has 3 heteroatoms. The topological polar surface area (TPSA) is 40.5 Å². The molecule has 2 atom stereocenters. The Morgan fingerprint density at radius 2 is 1.95 bits per heavy atom. The number of aliphatic hydroxyl groups is 1. The fourth-order valence-corrected chi connectivity index (χ4v) is 3.75. The van der Waals surface area contributed by atoms with Gasteiger partial charge in [0.1, 0.15) is 5.78 Å². The zero-order chi connectivity index (χ0) is 13.9. The quantitative estimate of drug-likeness (QED) is 0.917. The van der Waals surface area contributed by atoms with E-state index in [1.165, 1.54) is 17.7 Å². The molecule has 2 aliphatic rings. The van der Waals surface area contributed by atoms with Gasteiger partial charge >= 0.3 is 0 Å². The largest absolute Gasteiger partial charge is 0.396 e. The van der Waals surface area contributed by atoms with Crippen molar-refractivity contribution in [2.45, 2.75) is 57.0 Å². The smallest absolute Gasteiger partial charge is 0.137 e. The molecule has 2 fully saturated rings. The summed E-state index contributed by atoms with van der Waals surface area (Å²) in [4.78, 5) is 14.3. The van der Waals surface area contributed by atoms with Crippen LogP contribution in [0.4, 0.5) is 5.69 Å². The summed E-state index contributed by atoms with van der Waals surface area (Å²) in [6.45, 7) is 0.244. The van der Waals surface area contributed by atoms with Crippen LogP contribution in [0.2, 0.25) is 0 Å². The molecule has 1 N–H and O–H groups in total. The van der Waals surface area contributed by atoms with Crippen molar-refractivity contribution in [1.82, 2.24) is 0 Å². The summed E-state index contributed by atoms with van der Waals surface area (Å²) in [6, 6.07) is 9.46. The van der Waals surface area contributed by atoms with E-state index in [1.807, 2.05) is 0 Å². The van der Waals surface area contributed by atoms with Gasteiger partial charge in [0, 0.05) is 37.2 Å². The number of hydrogen-bond acceptors (Lipinski definition) is 3. The number of nitrogens with zero attached hydrogens (tertiary/aromatic N) is 1. The number of rotatable bonds is 4. The van der Waals surface area contributed by atoms with Gasteiger partial charge < -0.3 is 10.0 Å². The molecular formula is C17H23NO2. The van der Waals surface area contributed by atoms with Crippen LogP contribution in [-0.2, 0) is 11.2 Å². The van der Waals surface area contributed by atoms with Gasteiger partial charge in [0.15, 0.2) is 0 Å². The summed E-state index contributed by atoms with van der Waals surface area (Å²) >= 11 is 0. The number of carbonyl (C=O) groups is 1. The number of ketones is 1. The Morgan fingerprint density at radius 3 is 2.65 bits per heavy atom. The molecule has 3 rings (SSSR count). The Morgan fingerprint density at radius 1 is 1.20 bits per heavy atom. The Kier molecular flexibility index (Phi) is 4.06. The molecule has 0 aliphatic carbocycles. The lowest BCUT2D eigenvalue weighted by Gasteiger charge is -2.47. The van der Waals surface area contributed by atoms with Gasteiger partial charge in [0.05, 0.1) is 0 Å². The van der Waals surface area contributed by atoms with Crippen molar-refractivity contribution >= 4 is 11.5 Å². The number of benzene rings is 1. The highest BCUT2D eigenvalue weighted by molar-refractivity contribution is 5.82. The second-order valence-electron chi connectivity index (χ2n) is 6.09. The molecule has 0 saturated carbocycles. The normalized spacial score (nSPS) is 25.9. The zero-order valence-electron chi connectivity index (χ0n) is 11.9. The molecule has 0 spiro atoms.